The number of halogens is 2. The summed E-state index contributed by atoms with van der Waals surface area (Å²) >= 11 is 0. The molecule has 0 aliphatic heterocycles. The van der Waals surface area contributed by atoms with Crippen molar-refractivity contribution < 1.29 is 13.9 Å². The van der Waals surface area contributed by atoms with E-state index >= 15 is 0 Å². The summed E-state index contributed by atoms with van der Waals surface area (Å²) in [6.07, 6.45) is 1.24. The number of hydrogen-bond donors (Lipinski definition) is 2. The molecule has 0 aliphatic carbocycles. The van der Waals surface area contributed by atoms with Gasteiger partial charge in [-0.25, -0.2) is 8.78 Å². The summed E-state index contributed by atoms with van der Waals surface area (Å²) in [6, 6.07) is 3.14. The number of nitrogens with zero attached hydrogens (tertiary/aromatic N) is 3. The standard InChI is InChI=1S/C13H16F2N4O/c1-19-8-17-18-13(19)4-5-16-7-12(20)10-3-2-9(14)6-11(10)15/h2-3,6,8,12,16,20H,4-5,7H2,1H3. The molecule has 5 nitrogen and oxygen atoms in total. The largest absolute Gasteiger partial charge is 0.387 e. The monoisotopic (exact) mass is 282 g/mol. The van der Waals surface area contributed by atoms with Crippen LogP contribution >= 0.6 is 0 Å². The smallest absolute Gasteiger partial charge is 0.133 e. The molecule has 1 heterocycles. The number of aryl methyl sites for hydroxylation is 1. The highest BCUT2D eigenvalue weighted by atomic mass is 19.1. The summed E-state index contributed by atoms with van der Waals surface area (Å²) < 4.78 is 28.0. The van der Waals surface area contributed by atoms with Gasteiger partial charge >= 0.3 is 0 Å². The van der Waals surface area contributed by atoms with Crippen molar-refractivity contribution in [1.82, 2.24) is 20.1 Å². The van der Waals surface area contributed by atoms with Crippen molar-refractivity contribution in [2.75, 3.05) is 13.1 Å². The third-order valence-corrected chi connectivity index (χ3v) is 2.99. The van der Waals surface area contributed by atoms with Gasteiger partial charge < -0.3 is 15.0 Å². The summed E-state index contributed by atoms with van der Waals surface area (Å²) in [4.78, 5) is 0. The second-order valence-corrected chi connectivity index (χ2v) is 4.49. The Morgan fingerprint density at radius 2 is 2.20 bits per heavy atom. The zero-order valence-corrected chi connectivity index (χ0v) is 11.1. The predicted molar refractivity (Wildman–Crippen MR) is 68.9 cm³/mol. The second-order valence-electron chi connectivity index (χ2n) is 4.49. The minimum absolute atomic E-state index is 0.0811. The first-order valence-corrected chi connectivity index (χ1v) is 6.24. The normalized spacial score (nSPS) is 12.6. The van der Waals surface area contributed by atoms with E-state index in [2.05, 4.69) is 15.5 Å². The van der Waals surface area contributed by atoms with Crippen molar-refractivity contribution in [1.29, 1.82) is 0 Å². The molecule has 0 aliphatic rings. The van der Waals surface area contributed by atoms with Gasteiger partial charge in [0.15, 0.2) is 0 Å². The third-order valence-electron chi connectivity index (χ3n) is 2.99. The minimum Gasteiger partial charge on any atom is -0.387 e. The average molecular weight is 282 g/mol. The van der Waals surface area contributed by atoms with E-state index in [1.54, 1.807) is 10.9 Å². The molecule has 1 aromatic heterocycles. The maximum Gasteiger partial charge on any atom is 0.133 e. The number of hydrogen-bond acceptors (Lipinski definition) is 4. The molecule has 2 N–H and O–H groups in total. The van der Waals surface area contributed by atoms with E-state index in [1.807, 2.05) is 7.05 Å². The summed E-state index contributed by atoms with van der Waals surface area (Å²) in [6.45, 7) is 0.757. The summed E-state index contributed by atoms with van der Waals surface area (Å²) in [7, 11) is 1.85. The Hall–Kier alpha value is -1.86. The van der Waals surface area contributed by atoms with Gasteiger partial charge in [-0.1, -0.05) is 6.07 Å². The highest BCUT2D eigenvalue weighted by Gasteiger charge is 2.13. The van der Waals surface area contributed by atoms with Gasteiger partial charge in [0.1, 0.15) is 23.8 Å². The van der Waals surface area contributed by atoms with Gasteiger partial charge in [0, 0.05) is 38.2 Å². The Kier molecular flexibility index (Phi) is 4.75. The Bertz CT molecular complexity index is 573. The predicted octanol–water partition coefficient (Wildman–Crippen LogP) is 0.959. The minimum atomic E-state index is -1.02. The summed E-state index contributed by atoms with van der Waals surface area (Å²) in [5, 5.41) is 20.5. The molecule has 0 saturated heterocycles. The quantitative estimate of drug-likeness (QED) is 0.775. The van der Waals surface area contributed by atoms with Gasteiger partial charge in [-0.3, -0.25) is 0 Å². The molecule has 7 heteroatoms. The van der Waals surface area contributed by atoms with Gasteiger partial charge in [0.25, 0.3) is 0 Å². The molecule has 0 fully saturated rings. The van der Waals surface area contributed by atoms with Gasteiger partial charge in [-0.15, -0.1) is 10.2 Å². The van der Waals surface area contributed by atoms with Crippen molar-refractivity contribution in [3.05, 3.63) is 47.5 Å². The number of aliphatic hydroxyl groups is 1. The number of rotatable bonds is 6. The Labute approximate surface area is 115 Å². The van der Waals surface area contributed by atoms with E-state index in [1.165, 1.54) is 6.07 Å². The SMILES string of the molecule is Cn1cnnc1CCNCC(O)c1ccc(F)cc1F. The van der Waals surface area contributed by atoms with E-state index < -0.39 is 17.7 Å². The molecular weight excluding hydrogens is 266 g/mol. The highest BCUT2D eigenvalue weighted by molar-refractivity contribution is 5.21. The van der Waals surface area contributed by atoms with Gasteiger partial charge in [-0.2, -0.15) is 0 Å². The third kappa shape index (κ3) is 3.58. The van der Waals surface area contributed by atoms with Gasteiger partial charge in [-0.05, 0) is 6.07 Å². The molecular formula is C13H16F2N4O. The lowest BCUT2D eigenvalue weighted by Crippen LogP contribution is -2.25. The van der Waals surface area contributed by atoms with Gasteiger partial charge in [0.2, 0.25) is 0 Å². The van der Waals surface area contributed by atoms with E-state index in [0.717, 1.165) is 18.0 Å². The topological polar surface area (TPSA) is 63.0 Å². The van der Waals surface area contributed by atoms with Crippen molar-refractivity contribution in [3.8, 4) is 0 Å². The van der Waals surface area contributed by atoms with Crippen molar-refractivity contribution in [3.63, 3.8) is 0 Å². The van der Waals surface area contributed by atoms with E-state index in [-0.39, 0.29) is 12.1 Å². The van der Waals surface area contributed by atoms with E-state index in [0.29, 0.717) is 13.0 Å². The lowest BCUT2D eigenvalue weighted by atomic mass is 10.1. The maximum absolute atomic E-state index is 13.4. The van der Waals surface area contributed by atoms with Crippen molar-refractivity contribution in [2.45, 2.75) is 12.5 Å². The summed E-state index contributed by atoms with van der Waals surface area (Å²) in [5.41, 5.74) is 0.0811. The van der Waals surface area contributed by atoms with Crippen LogP contribution in [0, 0.1) is 11.6 Å². The Balaban J connectivity index is 1.80. The Morgan fingerprint density at radius 3 is 2.85 bits per heavy atom. The van der Waals surface area contributed by atoms with Crippen molar-refractivity contribution >= 4 is 0 Å². The fourth-order valence-corrected chi connectivity index (χ4v) is 1.85. The first-order valence-electron chi connectivity index (χ1n) is 6.24. The molecule has 20 heavy (non-hydrogen) atoms. The van der Waals surface area contributed by atoms with Crippen LogP contribution in [0.1, 0.15) is 17.5 Å². The molecule has 2 aromatic rings. The number of nitrogens with one attached hydrogen (secondary N) is 1. The molecule has 1 aromatic carbocycles. The van der Waals surface area contributed by atoms with Crippen LogP contribution in [0.4, 0.5) is 8.78 Å². The average Bonchev–Trinajstić information content (AvgIpc) is 2.80. The zero-order chi connectivity index (χ0) is 14.5. The van der Waals surface area contributed by atoms with Crippen LogP contribution in [0.3, 0.4) is 0 Å². The van der Waals surface area contributed by atoms with Crippen LogP contribution < -0.4 is 5.32 Å². The lowest BCUT2D eigenvalue weighted by Gasteiger charge is -2.13. The van der Waals surface area contributed by atoms with Crippen molar-refractivity contribution in [2.24, 2.45) is 7.05 Å². The van der Waals surface area contributed by atoms with Crippen LogP contribution in [-0.2, 0) is 13.5 Å². The Morgan fingerprint density at radius 1 is 1.40 bits per heavy atom. The fraction of sp³-hybridized carbons (Fsp3) is 0.385. The van der Waals surface area contributed by atoms with E-state index in [9.17, 15) is 13.9 Å². The molecule has 1 atom stereocenters. The second kappa shape index (κ2) is 6.53. The first kappa shape index (κ1) is 14.5. The first-order chi connectivity index (χ1) is 9.58. The van der Waals surface area contributed by atoms with Crippen LogP contribution in [0.2, 0.25) is 0 Å². The number of benzene rings is 1. The zero-order valence-electron chi connectivity index (χ0n) is 11.1. The fourth-order valence-electron chi connectivity index (χ4n) is 1.85. The molecule has 2 rings (SSSR count). The summed E-state index contributed by atoms with van der Waals surface area (Å²) in [5.74, 6) is -0.582. The lowest BCUT2D eigenvalue weighted by molar-refractivity contribution is 0.170. The molecule has 0 spiro atoms. The number of aromatic nitrogens is 3. The molecule has 0 amide bonds. The van der Waals surface area contributed by atoms with Crippen LogP contribution in [0.5, 0.6) is 0 Å². The molecule has 1 unspecified atom stereocenters. The van der Waals surface area contributed by atoms with Gasteiger partial charge in [0.05, 0.1) is 6.10 Å². The number of aliphatic hydroxyl groups excluding tert-OH is 1. The molecule has 0 saturated carbocycles. The highest BCUT2D eigenvalue weighted by Crippen LogP contribution is 2.17. The van der Waals surface area contributed by atoms with E-state index in [4.69, 9.17) is 0 Å². The van der Waals surface area contributed by atoms with Crippen LogP contribution in [-0.4, -0.2) is 33.0 Å². The molecule has 108 valence electrons. The molecule has 0 bridgehead atoms. The molecule has 0 radical (unpaired) electrons. The van der Waals surface area contributed by atoms with Crippen LogP contribution in [0.15, 0.2) is 24.5 Å². The maximum atomic E-state index is 13.4. The van der Waals surface area contributed by atoms with Crippen LogP contribution in [0.25, 0.3) is 0 Å².